The van der Waals surface area contributed by atoms with Gasteiger partial charge in [-0.25, -0.2) is 4.98 Å². The molecule has 0 unspecified atom stereocenters. The minimum atomic E-state index is -0.276. The van der Waals surface area contributed by atoms with E-state index in [-0.39, 0.29) is 17.9 Å². The number of ether oxygens (including phenoxy) is 1. The number of nitrogens with one attached hydrogen (secondary N) is 1. The first-order chi connectivity index (χ1) is 13.5. The third-order valence-corrected chi connectivity index (χ3v) is 5.23. The van der Waals surface area contributed by atoms with Gasteiger partial charge in [0.15, 0.2) is 5.65 Å². The molecule has 8 heteroatoms. The highest BCUT2D eigenvalue weighted by Crippen LogP contribution is 2.26. The van der Waals surface area contributed by atoms with E-state index in [1.807, 2.05) is 19.1 Å². The lowest BCUT2D eigenvalue weighted by Gasteiger charge is -2.11. The Bertz CT molecular complexity index is 1010. The summed E-state index contributed by atoms with van der Waals surface area (Å²) < 4.78 is 6.83. The zero-order valence-corrected chi connectivity index (χ0v) is 16.2. The summed E-state index contributed by atoms with van der Waals surface area (Å²) in [6, 6.07) is 7.41. The summed E-state index contributed by atoms with van der Waals surface area (Å²) in [5.41, 5.74) is 2.96. The van der Waals surface area contributed by atoms with Crippen LogP contribution in [0.2, 0.25) is 5.02 Å². The van der Waals surface area contributed by atoms with Crippen molar-refractivity contribution in [2.24, 2.45) is 0 Å². The predicted octanol–water partition coefficient (Wildman–Crippen LogP) is 2.90. The molecule has 1 aromatic carbocycles. The Labute approximate surface area is 167 Å². The number of carbonyl (C=O) groups is 1. The summed E-state index contributed by atoms with van der Waals surface area (Å²) in [7, 11) is 0. The Balaban J connectivity index is 1.59. The summed E-state index contributed by atoms with van der Waals surface area (Å²) in [6.07, 6.45) is 3.93. The van der Waals surface area contributed by atoms with Crippen molar-refractivity contribution in [1.29, 1.82) is 0 Å². The Morgan fingerprint density at radius 3 is 2.89 bits per heavy atom. The molecule has 0 spiro atoms. The van der Waals surface area contributed by atoms with E-state index in [1.165, 1.54) is 10.7 Å². The molecular weight excluding hydrogens is 380 g/mol. The molecule has 1 amide bonds. The number of aromatic hydroxyl groups is 1. The highest BCUT2D eigenvalue weighted by atomic mass is 35.5. The number of amides is 1. The van der Waals surface area contributed by atoms with E-state index in [2.05, 4.69) is 15.4 Å². The molecule has 3 aromatic rings. The summed E-state index contributed by atoms with van der Waals surface area (Å²) in [4.78, 5) is 17.1. The van der Waals surface area contributed by atoms with E-state index in [0.717, 1.165) is 25.0 Å². The molecule has 2 N–H and O–H groups in total. The van der Waals surface area contributed by atoms with Gasteiger partial charge in [0.25, 0.3) is 5.91 Å². The first-order valence-corrected chi connectivity index (χ1v) is 9.61. The van der Waals surface area contributed by atoms with Gasteiger partial charge in [-0.05, 0) is 37.5 Å². The Morgan fingerprint density at radius 2 is 2.18 bits per heavy atom. The topological polar surface area (TPSA) is 88.8 Å². The van der Waals surface area contributed by atoms with Gasteiger partial charge < -0.3 is 15.2 Å². The first kappa shape index (κ1) is 18.7. The minimum absolute atomic E-state index is 0.0179. The SMILES string of the molecule is Cc1nc2c(C(=O)NC[C@@H]3CCCO3)cnn2c(O)c1Cc1ccc(Cl)cc1. The van der Waals surface area contributed by atoms with Gasteiger partial charge in [-0.15, -0.1) is 0 Å². The van der Waals surface area contributed by atoms with Crippen LogP contribution in [-0.2, 0) is 11.2 Å². The molecule has 2 aromatic heterocycles. The maximum atomic E-state index is 12.6. The van der Waals surface area contributed by atoms with Gasteiger partial charge >= 0.3 is 0 Å². The second-order valence-electron chi connectivity index (χ2n) is 6.94. The second kappa shape index (κ2) is 7.77. The summed E-state index contributed by atoms with van der Waals surface area (Å²) in [6.45, 7) is 3.00. The van der Waals surface area contributed by atoms with Gasteiger partial charge in [-0.1, -0.05) is 23.7 Å². The molecule has 3 heterocycles. The van der Waals surface area contributed by atoms with Crippen molar-refractivity contribution in [2.75, 3.05) is 13.2 Å². The summed E-state index contributed by atoms with van der Waals surface area (Å²) in [5, 5.41) is 18.4. The smallest absolute Gasteiger partial charge is 0.256 e. The van der Waals surface area contributed by atoms with Gasteiger partial charge in [-0.2, -0.15) is 9.61 Å². The minimum Gasteiger partial charge on any atom is -0.493 e. The van der Waals surface area contributed by atoms with Gasteiger partial charge in [0.1, 0.15) is 5.56 Å². The lowest BCUT2D eigenvalue weighted by atomic mass is 10.0. The molecule has 1 atom stereocenters. The number of carbonyl (C=O) groups excluding carboxylic acids is 1. The lowest BCUT2D eigenvalue weighted by Crippen LogP contribution is -2.31. The number of rotatable bonds is 5. The highest BCUT2D eigenvalue weighted by Gasteiger charge is 2.22. The van der Waals surface area contributed by atoms with Crippen LogP contribution in [0.15, 0.2) is 30.5 Å². The van der Waals surface area contributed by atoms with Crippen molar-refractivity contribution in [1.82, 2.24) is 19.9 Å². The molecule has 0 bridgehead atoms. The zero-order chi connectivity index (χ0) is 19.7. The molecule has 1 fully saturated rings. The van der Waals surface area contributed by atoms with Gasteiger partial charge in [0.05, 0.1) is 12.3 Å². The fourth-order valence-electron chi connectivity index (χ4n) is 3.40. The maximum absolute atomic E-state index is 12.6. The average molecular weight is 401 g/mol. The molecule has 1 saturated heterocycles. The van der Waals surface area contributed by atoms with Crippen molar-refractivity contribution >= 4 is 23.2 Å². The van der Waals surface area contributed by atoms with Gasteiger partial charge in [0, 0.05) is 35.9 Å². The monoisotopic (exact) mass is 400 g/mol. The van der Waals surface area contributed by atoms with Crippen LogP contribution in [-0.4, -0.2) is 44.9 Å². The Morgan fingerprint density at radius 1 is 1.39 bits per heavy atom. The third kappa shape index (κ3) is 3.68. The van der Waals surface area contributed by atoms with E-state index >= 15 is 0 Å². The molecule has 0 saturated carbocycles. The van der Waals surface area contributed by atoms with Crippen molar-refractivity contribution in [3.05, 3.63) is 57.9 Å². The number of hydrogen-bond donors (Lipinski definition) is 2. The fraction of sp³-hybridized carbons (Fsp3) is 0.350. The number of hydrogen-bond acceptors (Lipinski definition) is 5. The Hall–Kier alpha value is -2.64. The lowest BCUT2D eigenvalue weighted by molar-refractivity contribution is 0.0859. The van der Waals surface area contributed by atoms with Crippen LogP contribution in [0.4, 0.5) is 0 Å². The Kier molecular flexibility index (Phi) is 5.19. The van der Waals surface area contributed by atoms with E-state index in [4.69, 9.17) is 16.3 Å². The maximum Gasteiger partial charge on any atom is 0.256 e. The quantitative estimate of drug-likeness (QED) is 0.687. The van der Waals surface area contributed by atoms with Crippen LogP contribution in [0.25, 0.3) is 5.65 Å². The highest BCUT2D eigenvalue weighted by molar-refractivity contribution is 6.30. The number of aromatic nitrogens is 3. The molecule has 1 aliphatic heterocycles. The largest absolute Gasteiger partial charge is 0.493 e. The molecule has 0 aliphatic carbocycles. The van der Waals surface area contributed by atoms with Gasteiger partial charge in [-0.3, -0.25) is 4.79 Å². The molecule has 7 nitrogen and oxygen atoms in total. The van der Waals surface area contributed by atoms with Gasteiger partial charge in [0.2, 0.25) is 5.88 Å². The molecule has 1 aliphatic rings. The normalized spacial score (nSPS) is 16.6. The summed E-state index contributed by atoms with van der Waals surface area (Å²) in [5.74, 6) is -0.294. The fourth-order valence-corrected chi connectivity index (χ4v) is 3.53. The first-order valence-electron chi connectivity index (χ1n) is 9.23. The van der Waals surface area contributed by atoms with E-state index in [9.17, 15) is 9.90 Å². The number of nitrogens with zero attached hydrogens (tertiary/aromatic N) is 3. The standard InChI is InChI=1S/C20H21ClN4O3/c1-12-16(9-13-4-6-14(21)7-5-13)20(27)25-18(24-12)17(11-23-25)19(26)22-10-15-3-2-8-28-15/h4-7,11,15,27H,2-3,8-10H2,1H3,(H,22,26)/t15-/m0/s1. The van der Waals surface area contributed by atoms with E-state index in [1.54, 1.807) is 12.1 Å². The van der Waals surface area contributed by atoms with E-state index < -0.39 is 0 Å². The molecule has 28 heavy (non-hydrogen) atoms. The molecule has 0 radical (unpaired) electrons. The third-order valence-electron chi connectivity index (χ3n) is 4.98. The van der Waals surface area contributed by atoms with Crippen molar-refractivity contribution < 1.29 is 14.6 Å². The molecule has 4 rings (SSSR count). The van der Waals surface area contributed by atoms with E-state index in [0.29, 0.717) is 40.5 Å². The van der Waals surface area contributed by atoms with Crippen LogP contribution in [0.1, 0.15) is 40.0 Å². The second-order valence-corrected chi connectivity index (χ2v) is 7.38. The predicted molar refractivity (Wildman–Crippen MR) is 105 cm³/mol. The van der Waals surface area contributed by atoms with Crippen LogP contribution < -0.4 is 5.32 Å². The number of benzene rings is 1. The molecular formula is C20H21ClN4O3. The number of halogens is 1. The number of aryl methyl sites for hydroxylation is 1. The van der Waals surface area contributed by atoms with Crippen LogP contribution in [0.5, 0.6) is 5.88 Å². The van der Waals surface area contributed by atoms with Crippen LogP contribution in [0.3, 0.4) is 0 Å². The van der Waals surface area contributed by atoms with Crippen LogP contribution >= 0.6 is 11.6 Å². The van der Waals surface area contributed by atoms with Crippen molar-refractivity contribution in [3.63, 3.8) is 0 Å². The van der Waals surface area contributed by atoms with Crippen LogP contribution in [0, 0.1) is 6.92 Å². The van der Waals surface area contributed by atoms with Crippen molar-refractivity contribution in [3.8, 4) is 5.88 Å². The van der Waals surface area contributed by atoms with Crippen molar-refractivity contribution in [2.45, 2.75) is 32.3 Å². The number of fused-ring (bicyclic) bond motifs is 1. The summed E-state index contributed by atoms with van der Waals surface area (Å²) >= 11 is 5.93. The molecule has 146 valence electrons. The average Bonchev–Trinajstić information content (AvgIpc) is 3.34. The zero-order valence-electron chi connectivity index (χ0n) is 15.5.